The Morgan fingerprint density at radius 2 is 0.966 bits per heavy atom. The molecule has 9 aromatic carbocycles. The zero-order valence-electron chi connectivity index (χ0n) is 31.7. The number of benzene rings is 9. The molecule has 0 atom stereocenters. The molecular formula is C55H33NO3. The number of hydrogen-bond acceptors (Lipinski definition) is 4. The van der Waals surface area contributed by atoms with Crippen LogP contribution in [0.2, 0.25) is 0 Å². The van der Waals surface area contributed by atoms with E-state index in [1.54, 1.807) is 0 Å². The van der Waals surface area contributed by atoms with Crippen LogP contribution in [0, 0.1) is 0 Å². The Labute approximate surface area is 340 Å². The van der Waals surface area contributed by atoms with E-state index in [1.807, 2.05) is 30.3 Å². The van der Waals surface area contributed by atoms with Gasteiger partial charge in [0.25, 0.3) is 0 Å². The number of nitrogens with zero attached hydrogens (tertiary/aromatic N) is 1. The lowest BCUT2D eigenvalue weighted by molar-refractivity contribution is 0.361. The summed E-state index contributed by atoms with van der Waals surface area (Å²) < 4.78 is 20.6. The minimum atomic E-state index is -0.484. The minimum Gasteiger partial charge on any atom is -0.455 e. The molecule has 1 aromatic heterocycles. The molecule has 0 amide bonds. The third kappa shape index (κ3) is 4.37. The van der Waals surface area contributed by atoms with Gasteiger partial charge in [-0.1, -0.05) is 152 Å². The monoisotopic (exact) mass is 755 g/mol. The lowest BCUT2D eigenvalue weighted by Gasteiger charge is -2.32. The van der Waals surface area contributed by atoms with Gasteiger partial charge >= 0.3 is 0 Å². The molecule has 0 bridgehead atoms. The van der Waals surface area contributed by atoms with Crippen molar-refractivity contribution in [3.8, 4) is 56.4 Å². The first-order chi connectivity index (χ1) is 29.3. The number of ether oxygens (including phenoxy) is 2. The molecule has 0 radical (unpaired) electrons. The van der Waals surface area contributed by atoms with Crippen LogP contribution in [0.15, 0.2) is 205 Å². The van der Waals surface area contributed by atoms with E-state index in [0.717, 1.165) is 67.0 Å². The van der Waals surface area contributed by atoms with Gasteiger partial charge in [-0.05, 0) is 93.0 Å². The first kappa shape index (κ1) is 32.3. The molecule has 10 aromatic rings. The van der Waals surface area contributed by atoms with Gasteiger partial charge in [-0.2, -0.15) is 0 Å². The van der Waals surface area contributed by atoms with Crippen LogP contribution in [-0.2, 0) is 5.41 Å². The van der Waals surface area contributed by atoms with Crippen LogP contribution in [0.25, 0.3) is 55.3 Å². The van der Waals surface area contributed by atoms with Crippen molar-refractivity contribution in [2.45, 2.75) is 5.41 Å². The highest BCUT2D eigenvalue weighted by Crippen LogP contribution is 2.67. The second kappa shape index (κ2) is 12.1. The van der Waals surface area contributed by atoms with Crippen LogP contribution in [0.4, 0.5) is 17.1 Å². The molecule has 13 rings (SSSR count). The van der Waals surface area contributed by atoms with E-state index < -0.39 is 5.41 Å². The number of rotatable bonds is 4. The highest BCUT2D eigenvalue weighted by molar-refractivity contribution is 6.09. The molecule has 0 saturated heterocycles. The first-order valence-electron chi connectivity index (χ1n) is 20.1. The Bertz CT molecular complexity index is 3300. The van der Waals surface area contributed by atoms with Gasteiger partial charge in [-0.3, -0.25) is 0 Å². The highest BCUT2D eigenvalue weighted by atomic mass is 16.6. The number of fused-ring (bicyclic) bond motifs is 16. The van der Waals surface area contributed by atoms with Crippen molar-refractivity contribution in [2.75, 3.05) is 4.90 Å². The number of anilines is 3. The zero-order valence-corrected chi connectivity index (χ0v) is 31.7. The summed E-state index contributed by atoms with van der Waals surface area (Å²) in [6.45, 7) is 0. The summed E-state index contributed by atoms with van der Waals surface area (Å²) in [4.78, 5) is 2.25. The number of para-hydroxylation sites is 4. The van der Waals surface area contributed by atoms with E-state index in [0.29, 0.717) is 17.2 Å². The van der Waals surface area contributed by atoms with Crippen LogP contribution in [0.1, 0.15) is 22.3 Å². The summed E-state index contributed by atoms with van der Waals surface area (Å²) in [5.41, 5.74) is 16.1. The zero-order chi connectivity index (χ0) is 38.7. The molecule has 2 aliphatic carbocycles. The van der Waals surface area contributed by atoms with E-state index in [4.69, 9.17) is 13.9 Å². The maximum Gasteiger partial charge on any atom is 0.194 e. The number of hydrogen-bond donors (Lipinski definition) is 0. The third-order valence-electron chi connectivity index (χ3n) is 12.6. The van der Waals surface area contributed by atoms with E-state index in [9.17, 15) is 0 Å². The number of furan rings is 1. The van der Waals surface area contributed by atoms with Crippen molar-refractivity contribution in [1.29, 1.82) is 0 Å². The minimum absolute atomic E-state index is 0.484. The molecule has 2 heterocycles. The fraction of sp³-hybridized carbons (Fsp3) is 0.0182. The Hall–Kier alpha value is -7.82. The van der Waals surface area contributed by atoms with Crippen molar-refractivity contribution in [1.82, 2.24) is 0 Å². The quantitative estimate of drug-likeness (QED) is 0.179. The molecule has 3 aliphatic rings. The second-order valence-electron chi connectivity index (χ2n) is 15.5. The third-order valence-corrected chi connectivity index (χ3v) is 12.6. The summed E-state index contributed by atoms with van der Waals surface area (Å²) >= 11 is 0. The smallest absolute Gasteiger partial charge is 0.194 e. The topological polar surface area (TPSA) is 34.8 Å². The Balaban J connectivity index is 0.967. The van der Waals surface area contributed by atoms with Gasteiger partial charge in [0.15, 0.2) is 23.0 Å². The first-order valence-corrected chi connectivity index (χ1v) is 20.1. The molecule has 1 spiro atoms. The summed E-state index contributed by atoms with van der Waals surface area (Å²) in [6, 6.07) is 70.8. The van der Waals surface area contributed by atoms with Crippen LogP contribution >= 0.6 is 0 Å². The largest absolute Gasteiger partial charge is 0.455 e. The van der Waals surface area contributed by atoms with Crippen molar-refractivity contribution >= 4 is 39.0 Å². The molecule has 1 aliphatic heterocycles. The van der Waals surface area contributed by atoms with E-state index in [1.165, 1.54) is 33.4 Å². The van der Waals surface area contributed by atoms with E-state index >= 15 is 0 Å². The van der Waals surface area contributed by atoms with Gasteiger partial charge in [0.05, 0.1) is 11.1 Å². The van der Waals surface area contributed by atoms with Gasteiger partial charge in [-0.25, -0.2) is 0 Å². The average molecular weight is 756 g/mol. The maximum atomic E-state index is 7.30. The molecule has 59 heavy (non-hydrogen) atoms. The lowest BCUT2D eigenvalue weighted by Crippen LogP contribution is -2.25. The van der Waals surface area contributed by atoms with Crippen molar-refractivity contribution < 1.29 is 13.9 Å². The predicted molar refractivity (Wildman–Crippen MR) is 237 cm³/mol. The summed E-state index contributed by atoms with van der Waals surface area (Å²) in [7, 11) is 0. The molecule has 0 unspecified atom stereocenters. The average Bonchev–Trinajstić information content (AvgIpc) is 3.94. The maximum absolute atomic E-state index is 7.30. The molecule has 4 nitrogen and oxygen atoms in total. The van der Waals surface area contributed by atoms with Crippen LogP contribution in [-0.4, -0.2) is 0 Å². The Kier molecular flexibility index (Phi) is 6.62. The SMILES string of the molecule is c1ccc(N(c2ccc(-c3cccc4c3oc3ccccc34)cc2)c2cccc3c2Oc2c(ccc4c2-c2ccccc2C42c4ccccc4-c4ccccc42)O3)cc1. The van der Waals surface area contributed by atoms with Crippen LogP contribution in [0.5, 0.6) is 23.0 Å². The van der Waals surface area contributed by atoms with E-state index in [-0.39, 0.29) is 0 Å². The molecule has 0 N–H and O–H groups in total. The Morgan fingerprint density at radius 1 is 0.373 bits per heavy atom. The van der Waals surface area contributed by atoms with Gasteiger partial charge in [0.2, 0.25) is 0 Å². The molecule has 276 valence electrons. The van der Waals surface area contributed by atoms with Crippen LogP contribution in [0.3, 0.4) is 0 Å². The molecular weight excluding hydrogens is 723 g/mol. The van der Waals surface area contributed by atoms with Crippen molar-refractivity contribution in [3.05, 3.63) is 222 Å². The van der Waals surface area contributed by atoms with Gasteiger partial charge in [0.1, 0.15) is 11.2 Å². The summed E-state index contributed by atoms with van der Waals surface area (Å²) in [5, 5.41) is 2.24. The molecule has 0 saturated carbocycles. The summed E-state index contributed by atoms with van der Waals surface area (Å²) in [5.74, 6) is 2.77. The fourth-order valence-corrected chi connectivity index (χ4v) is 10.2. The van der Waals surface area contributed by atoms with Gasteiger partial charge in [0, 0.05) is 33.3 Å². The lowest BCUT2D eigenvalue weighted by atomic mass is 9.70. The van der Waals surface area contributed by atoms with E-state index in [2.05, 4.69) is 175 Å². The summed E-state index contributed by atoms with van der Waals surface area (Å²) in [6.07, 6.45) is 0. The van der Waals surface area contributed by atoms with Gasteiger partial charge in [-0.15, -0.1) is 0 Å². The predicted octanol–water partition coefficient (Wildman–Crippen LogP) is 15.0. The molecule has 4 heteroatoms. The van der Waals surface area contributed by atoms with Crippen LogP contribution < -0.4 is 14.4 Å². The highest BCUT2D eigenvalue weighted by Gasteiger charge is 2.53. The normalized spacial score (nSPS) is 13.5. The van der Waals surface area contributed by atoms with Crippen molar-refractivity contribution in [2.24, 2.45) is 0 Å². The van der Waals surface area contributed by atoms with Crippen molar-refractivity contribution in [3.63, 3.8) is 0 Å². The fourth-order valence-electron chi connectivity index (χ4n) is 10.2. The Morgan fingerprint density at radius 3 is 1.75 bits per heavy atom. The standard InChI is InChI=1S/C55H33NO3/c1-2-14-35(15-3-1)56(36-30-28-34(29-31-36)37-20-12-21-41-40-18-7-11-26-48(40)58-52(37)41)47-25-13-27-49-53(47)59-54-50(57-49)33-32-46-51(54)42-19-6-10-24-45(42)55(46)43-22-8-4-16-38(43)39-17-5-9-23-44(39)55/h1-33H. The van der Waals surface area contributed by atoms with Gasteiger partial charge < -0.3 is 18.8 Å². The molecule has 0 fully saturated rings. The second-order valence-corrected chi connectivity index (χ2v) is 15.5.